The number of amides is 1. The number of rotatable bonds is 4. The Bertz CT molecular complexity index is 818. The van der Waals surface area contributed by atoms with Crippen LogP contribution < -0.4 is 5.32 Å². The second-order valence-electron chi connectivity index (χ2n) is 7.14. The van der Waals surface area contributed by atoms with Crippen LogP contribution in [0.1, 0.15) is 24.3 Å². The Balaban J connectivity index is 1.58. The van der Waals surface area contributed by atoms with Gasteiger partial charge in [-0.05, 0) is 18.6 Å². The van der Waals surface area contributed by atoms with E-state index in [1.165, 1.54) is 12.1 Å². The molecule has 3 heterocycles. The van der Waals surface area contributed by atoms with E-state index in [1.807, 2.05) is 16.8 Å². The van der Waals surface area contributed by atoms with Crippen LogP contribution in [0.25, 0.3) is 0 Å². The Kier molecular flexibility index (Phi) is 4.98. The molecule has 0 radical (unpaired) electrons. The number of allylic oxidation sites excluding steroid dienone is 1. The van der Waals surface area contributed by atoms with Gasteiger partial charge in [-0.3, -0.25) is 4.79 Å². The fraction of sp³-hybridized carbons (Fsp3) is 0.500. The highest BCUT2D eigenvalue weighted by molar-refractivity contribution is 7.80. The molecule has 1 aromatic rings. The summed E-state index contributed by atoms with van der Waals surface area (Å²) in [6, 6.07) is 2.47. The molecule has 1 N–H and O–H groups in total. The summed E-state index contributed by atoms with van der Waals surface area (Å²) in [5.74, 6) is -1.78. The van der Waals surface area contributed by atoms with Crippen molar-refractivity contribution in [3.8, 4) is 0 Å². The molecule has 9 heteroatoms. The SMILES string of the molecule is CN1C(CC(=O)NC2COC2)=C2C[C@@H](c3c(F)ccc(Cl)c3F)CN2C1S. The minimum absolute atomic E-state index is 0.00278. The molecule has 0 bridgehead atoms. The van der Waals surface area contributed by atoms with E-state index in [9.17, 15) is 13.6 Å². The van der Waals surface area contributed by atoms with Crippen LogP contribution in [0.4, 0.5) is 8.78 Å². The van der Waals surface area contributed by atoms with E-state index >= 15 is 0 Å². The topological polar surface area (TPSA) is 44.8 Å². The zero-order chi connectivity index (χ0) is 19.3. The molecular weight excluding hydrogens is 396 g/mol. The van der Waals surface area contributed by atoms with Crippen molar-refractivity contribution in [2.75, 3.05) is 26.8 Å². The first kappa shape index (κ1) is 18.8. The summed E-state index contributed by atoms with van der Waals surface area (Å²) in [6.45, 7) is 1.48. The highest BCUT2D eigenvalue weighted by atomic mass is 35.5. The maximum atomic E-state index is 14.4. The van der Waals surface area contributed by atoms with Gasteiger partial charge in [0.05, 0.1) is 30.7 Å². The predicted octanol–water partition coefficient (Wildman–Crippen LogP) is 2.68. The van der Waals surface area contributed by atoms with Gasteiger partial charge in [-0.2, -0.15) is 0 Å². The Morgan fingerprint density at radius 2 is 2.15 bits per heavy atom. The third kappa shape index (κ3) is 3.28. The standard InChI is InChI=1S/C18H20ClF2N3O2S/c1-23-13(5-15(25)22-10-7-26-8-10)14-4-9(6-24(14)18(23)27)16-12(20)3-2-11(19)17(16)21/h2-3,9-10,18,27H,4-8H2,1H3,(H,22,25)/t9-,18?/m1/s1. The summed E-state index contributed by atoms with van der Waals surface area (Å²) >= 11 is 10.5. The van der Waals surface area contributed by atoms with E-state index in [0.717, 1.165) is 11.4 Å². The van der Waals surface area contributed by atoms with E-state index in [-0.39, 0.29) is 40.4 Å². The van der Waals surface area contributed by atoms with Crippen molar-refractivity contribution >= 4 is 30.1 Å². The van der Waals surface area contributed by atoms with Crippen molar-refractivity contribution in [2.45, 2.75) is 30.3 Å². The van der Waals surface area contributed by atoms with Gasteiger partial charge in [0.2, 0.25) is 5.91 Å². The maximum absolute atomic E-state index is 14.4. The number of hydrogen-bond donors (Lipinski definition) is 2. The molecule has 3 aliphatic heterocycles. The number of hydrogen-bond acceptors (Lipinski definition) is 5. The molecule has 3 aliphatic rings. The first-order chi connectivity index (χ1) is 12.9. The molecule has 2 fully saturated rings. The molecule has 0 saturated carbocycles. The first-order valence-electron chi connectivity index (χ1n) is 8.77. The van der Waals surface area contributed by atoms with Crippen molar-refractivity contribution in [1.29, 1.82) is 0 Å². The number of halogens is 3. The summed E-state index contributed by atoms with van der Waals surface area (Å²) in [5, 5.41) is 2.83. The summed E-state index contributed by atoms with van der Waals surface area (Å²) in [4.78, 5) is 16.3. The summed E-state index contributed by atoms with van der Waals surface area (Å²) < 4.78 is 33.8. The first-order valence-corrected chi connectivity index (χ1v) is 9.66. The second-order valence-corrected chi connectivity index (χ2v) is 8.01. The number of carbonyl (C=O) groups is 1. The molecule has 4 rings (SSSR count). The van der Waals surface area contributed by atoms with Crippen LogP contribution in [0, 0.1) is 11.6 Å². The molecule has 0 spiro atoms. The zero-order valence-corrected chi connectivity index (χ0v) is 16.4. The van der Waals surface area contributed by atoms with E-state index in [1.54, 1.807) is 0 Å². The lowest BCUT2D eigenvalue weighted by molar-refractivity contribution is -0.124. The van der Waals surface area contributed by atoms with Crippen molar-refractivity contribution in [2.24, 2.45) is 0 Å². The Morgan fingerprint density at radius 3 is 2.81 bits per heavy atom. The molecule has 2 atom stereocenters. The lowest BCUT2D eigenvalue weighted by Gasteiger charge is -2.29. The van der Waals surface area contributed by atoms with Crippen LogP contribution in [0.15, 0.2) is 23.5 Å². The van der Waals surface area contributed by atoms with Crippen molar-refractivity contribution in [3.05, 3.63) is 45.7 Å². The second kappa shape index (κ2) is 7.14. The van der Waals surface area contributed by atoms with Gasteiger partial charge in [-0.15, -0.1) is 12.6 Å². The third-order valence-corrected chi connectivity index (χ3v) is 6.32. The molecule has 1 aromatic carbocycles. The van der Waals surface area contributed by atoms with E-state index < -0.39 is 11.6 Å². The van der Waals surface area contributed by atoms with Gasteiger partial charge in [-0.25, -0.2) is 8.78 Å². The molecule has 1 unspecified atom stereocenters. The number of nitrogens with one attached hydrogen (secondary N) is 1. The predicted molar refractivity (Wildman–Crippen MR) is 100 cm³/mol. The van der Waals surface area contributed by atoms with Gasteiger partial charge in [0.25, 0.3) is 0 Å². The Labute approximate surface area is 166 Å². The average Bonchev–Trinajstić information content (AvgIpc) is 3.10. The van der Waals surface area contributed by atoms with Crippen LogP contribution >= 0.6 is 24.2 Å². The number of ether oxygens (including phenoxy) is 1. The smallest absolute Gasteiger partial charge is 0.226 e. The molecular formula is C18H20ClF2N3O2S. The normalized spacial score (nSPS) is 25.1. The van der Waals surface area contributed by atoms with Crippen molar-refractivity contribution in [3.63, 3.8) is 0 Å². The van der Waals surface area contributed by atoms with E-state index in [2.05, 4.69) is 17.9 Å². The van der Waals surface area contributed by atoms with Gasteiger partial charge < -0.3 is 19.9 Å². The van der Waals surface area contributed by atoms with Gasteiger partial charge in [0.15, 0.2) is 0 Å². The zero-order valence-electron chi connectivity index (χ0n) is 14.7. The van der Waals surface area contributed by atoms with Gasteiger partial charge in [0, 0.05) is 36.5 Å². The number of benzene rings is 1. The lowest BCUT2D eigenvalue weighted by Crippen LogP contribution is -2.48. The van der Waals surface area contributed by atoms with Gasteiger partial charge in [-0.1, -0.05) is 11.6 Å². The fourth-order valence-electron chi connectivity index (χ4n) is 3.92. The highest BCUT2D eigenvalue weighted by Gasteiger charge is 2.43. The summed E-state index contributed by atoms with van der Waals surface area (Å²) in [7, 11) is 1.87. The van der Waals surface area contributed by atoms with Crippen LogP contribution in [0.2, 0.25) is 5.02 Å². The number of carbonyl (C=O) groups excluding carboxylic acids is 1. The molecule has 146 valence electrons. The van der Waals surface area contributed by atoms with Crippen LogP contribution in [-0.4, -0.2) is 54.1 Å². The van der Waals surface area contributed by atoms with Crippen LogP contribution in [-0.2, 0) is 9.53 Å². The molecule has 1 amide bonds. The number of fused-ring (bicyclic) bond motifs is 1. The number of thiol groups is 1. The molecule has 0 aliphatic carbocycles. The summed E-state index contributed by atoms with van der Waals surface area (Å²) in [6.07, 6.45) is 0.633. The minimum atomic E-state index is -0.711. The summed E-state index contributed by atoms with van der Waals surface area (Å²) in [5.41, 5.74) is 1.47. The van der Waals surface area contributed by atoms with Crippen LogP contribution in [0.3, 0.4) is 0 Å². The van der Waals surface area contributed by atoms with Crippen molar-refractivity contribution in [1.82, 2.24) is 15.1 Å². The fourth-order valence-corrected chi connectivity index (χ4v) is 4.46. The third-order valence-electron chi connectivity index (χ3n) is 5.41. The maximum Gasteiger partial charge on any atom is 0.226 e. The van der Waals surface area contributed by atoms with E-state index in [0.29, 0.717) is 26.2 Å². The van der Waals surface area contributed by atoms with Crippen molar-refractivity contribution < 1.29 is 18.3 Å². The quantitative estimate of drug-likeness (QED) is 0.586. The van der Waals surface area contributed by atoms with Gasteiger partial charge in [0.1, 0.15) is 17.1 Å². The number of nitrogens with zero attached hydrogens (tertiary/aromatic N) is 2. The largest absolute Gasteiger partial charge is 0.377 e. The average molecular weight is 416 g/mol. The van der Waals surface area contributed by atoms with Crippen LogP contribution in [0.5, 0.6) is 0 Å². The molecule has 5 nitrogen and oxygen atoms in total. The molecule has 0 aromatic heterocycles. The van der Waals surface area contributed by atoms with Gasteiger partial charge >= 0.3 is 0 Å². The van der Waals surface area contributed by atoms with E-state index in [4.69, 9.17) is 16.3 Å². The Hall–Kier alpha value is -1.51. The minimum Gasteiger partial charge on any atom is -0.377 e. The molecule has 2 saturated heterocycles. The lowest BCUT2D eigenvalue weighted by atomic mass is 9.95. The molecule has 27 heavy (non-hydrogen) atoms. The highest BCUT2D eigenvalue weighted by Crippen LogP contribution is 2.45. The Morgan fingerprint density at radius 1 is 1.41 bits per heavy atom. The monoisotopic (exact) mass is 415 g/mol.